The highest BCUT2D eigenvalue weighted by molar-refractivity contribution is 5.97. The number of carboxylic acid groups (broad SMARTS) is 1. The van der Waals surface area contributed by atoms with Crippen LogP contribution in [0.5, 0.6) is 5.75 Å². The molecule has 0 spiro atoms. The molecule has 4 nitrogen and oxygen atoms in total. The lowest BCUT2D eigenvalue weighted by atomic mass is 9.99. The van der Waals surface area contributed by atoms with Crippen molar-refractivity contribution in [2.75, 3.05) is 0 Å². The van der Waals surface area contributed by atoms with E-state index in [-0.39, 0.29) is 5.56 Å². The lowest BCUT2D eigenvalue weighted by molar-refractivity contribution is 0.0697. The first kappa shape index (κ1) is 15.5. The molecule has 3 aromatic carbocycles. The summed E-state index contributed by atoms with van der Waals surface area (Å²) in [4.78, 5) is 23.6. The van der Waals surface area contributed by atoms with Crippen LogP contribution in [0.2, 0.25) is 0 Å². The summed E-state index contributed by atoms with van der Waals surface area (Å²) >= 11 is 0. The summed E-state index contributed by atoms with van der Waals surface area (Å²) in [6.45, 7) is 0. The fourth-order valence-corrected chi connectivity index (χ4v) is 2.37. The maximum absolute atomic E-state index is 12.1. The van der Waals surface area contributed by atoms with Crippen molar-refractivity contribution in [3.63, 3.8) is 0 Å². The van der Waals surface area contributed by atoms with Gasteiger partial charge in [0.15, 0.2) is 0 Å². The van der Waals surface area contributed by atoms with E-state index in [0.29, 0.717) is 16.9 Å². The molecule has 0 bridgehead atoms. The van der Waals surface area contributed by atoms with Crippen LogP contribution in [0.15, 0.2) is 78.9 Å². The van der Waals surface area contributed by atoms with E-state index in [1.54, 1.807) is 30.3 Å². The Kier molecular flexibility index (Phi) is 4.38. The molecule has 0 aliphatic heterocycles. The van der Waals surface area contributed by atoms with Crippen LogP contribution in [0.4, 0.5) is 0 Å². The lowest BCUT2D eigenvalue weighted by Gasteiger charge is -2.10. The molecule has 0 aliphatic carbocycles. The van der Waals surface area contributed by atoms with Gasteiger partial charge in [-0.05, 0) is 41.5 Å². The summed E-state index contributed by atoms with van der Waals surface area (Å²) in [7, 11) is 0. The first-order valence-electron chi connectivity index (χ1n) is 7.35. The van der Waals surface area contributed by atoms with E-state index in [1.165, 1.54) is 12.1 Å². The predicted octanol–water partition coefficient (Wildman–Crippen LogP) is 4.27. The zero-order valence-corrected chi connectivity index (χ0v) is 12.7. The molecule has 3 aromatic rings. The third-order valence-corrected chi connectivity index (χ3v) is 3.53. The van der Waals surface area contributed by atoms with E-state index in [9.17, 15) is 14.7 Å². The van der Waals surface area contributed by atoms with Crippen molar-refractivity contribution in [1.82, 2.24) is 0 Å². The van der Waals surface area contributed by atoms with E-state index in [1.807, 2.05) is 36.4 Å². The second-order valence-corrected chi connectivity index (χ2v) is 5.13. The van der Waals surface area contributed by atoms with Crippen molar-refractivity contribution in [2.45, 2.75) is 0 Å². The highest BCUT2D eigenvalue weighted by Gasteiger charge is 2.15. The molecule has 1 N–H and O–H groups in total. The van der Waals surface area contributed by atoms with Crippen LogP contribution in [0.1, 0.15) is 20.7 Å². The van der Waals surface area contributed by atoms with Crippen molar-refractivity contribution in [2.24, 2.45) is 0 Å². The standard InChI is InChI=1S/C20H14O4/c21-19(22)17-12-11-16(13-18(17)14-7-3-1-4-8-14)24-20(23)15-9-5-2-6-10-15/h1-13H,(H,21,22). The maximum Gasteiger partial charge on any atom is 0.343 e. The van der Waals surface area contributed by atoms with E-state index in [4.69, 9.17) is 4.74 Å². The molecule has 0 amide bonds. The fraction of sp³-hybridized carbons (Fsp3) is 0. The Morgan fingerprint density at radius 2 is 1.42 bits per heavy atom. The first-order valence-corrected chi connectivity index (χ1v) is 7.35. The van der Waals surface area contributed by atoms with Crippen LogP contribution < -0.4 is 4.74 Å². The average molecular weight is 318 g/mol. The number of hydrogen-bond donors (Lipinski definition) is 1. The third-order valence-electron chi connectivity index (χ3n) is 3.53. The molecule has 3 rings (SSSR count). The molecule has 0 aromatic heterocycles. The molecule has 0 radical (unpaired) electrons. The second kappa shape index (κ2) is 6.79. The Labute approximate surface area is 139 Å². The number of ether oxygens (including phenoxy) is 1. The molecule has 0 fully saturated rings. The van der Waals surface area contributed by atoms with Gasteiger partial charge in [0.2, 0.25) is 0 Å². The molecule has 0 saturated carbocycles. The summed E-state index contributed by atoms with van der Waals surface area (Å²) < 4.78 is 5.37. The Balaban J connectivity index is 1.96. The molecule has 0 aliphatic rings. The normalized spacial score (nSPS) is 10.2. The maximum atomic E-state index is 12.1. The number of carbonyl (C=O) groups is 2. The molecule has 0 unspecified atom stereocenters. The van der Waals surface area contributed by atoms with Gasteiger partial charge in [-0.25, -0.2) is 9.59 Å². The van der Waals surface area contributed by atoms with Gasteiger partial charge in [-0.1, -0.05) is 48.5 Å². The van der Waals surface area contributed by atoms with Gasteiger partial charge in [0.25, 0.3) is 0 Å². The first-order chi connectivity index (χ1) is 11.6. The Bertz CT molecular complexity index is 871. The molecule has 0 atom stereocenters. The smallest absolute Gasteiger partial charge is 0.343 e. The van der Waals surface area contributed by atoms with Crippen LogP contribution in [-0.4, -0.2) is 17.0 Å². The SMILES string of the molecule is O=C(Oc1ccc(C(=O)O)c(-c2ccccc2)c1)c1ccccc1. The monoisotopic (exact) mass is 318 g/mol. The highest BCUT2D eigenvalue weighted by atomic mass is 16.5. The molecule has 0 heterocycles. The van der Waals surface area contributed by atoms with E-state index in [2.05, 4.69) is 0 Å². The van der Waals surface area contributed by atoms with Gasteiger partial charge < -0.3 is 9.84 Å². The minimum atomic E-state index is -1.03. The molecule has 24 heavy (non-hydrogen) atoms. The number of benzene rings is 3. The number of esters is 1. The largest absolute Gasteiger partial charge is 0.478 e. The van der Waals surface area contributed by atoms with Gasteiger partial charge in [-0.15, -0.1) is 0 Å². The van der Waals surface area contributed by atoms with Gasteiger partial charge in [-0.2, -0.15) is 0 Å². The number of carbonyl (C=O) groups excluding carboxylic acids is 1. The second-order valence-electron chi connectivity index (χ2n) is 5.13. The predicted molar refractivity (Wildman–Crippen MR) is 90.2 cm³/mol. The van der Waals surface area contributed by atoms with Gasteiger partial charge in [0.05, 0.1) is 11.1 Å². The van der Waals surface area contributed by atoms with E-state index >= 15 is 0 Å². The summed E-state index contributed by atoms with van der Waals surface area (Å²) in [6, 6.07) is 22.2. The Morgan fingerprint density at radius 1 is 0.792 bits per heavy atom. The molecule has 0 saturated heterocycles. The lowest BCUT2D eigenvalue weighted by Crippen LogP contribution is -2.09. The van der Waals surface area contributed by atoms with Gasteiger partial charge in [0, 0.05) is 0 Å². The number of rotatable bonds is 4. The van der Waals surface area contributed by atoms with E-state index in [0.717, 1.165) is 5.56 Å². The minimum Gasteiger partial charge on any atom is -0.478 e. The number of aromatic carboxylic acids is 1. The number of hydrogen-bond acceptors (Lipinski definition) is 3. The highest BCUT2D eigenvalue weighted by Crippen LogP contribution is 2.28. The molecular formula is C20H14O4. The van der Waals surface area contributed by atoms with Crippen LogP contribution in [0.3, 0.4) is 0 Å². The van der Waals surface area contributed by atoms with E-state index < -0.39 is 11.9 Å². The van der Waals surface area contributed by atoms with Crippen molar-refractivity contribution < 1.29 is 19.4 Å². The zero-order chi connectivity index (χ0) is 16.9. The van der Waals surface area contributed by atoms with Gasteiger partial charge >= 0.3 is 11.9 Å². The van der Waals surface area contributed by atoms with Crippen molar-refractivity contribution in [3.8, 4) is 16.9 Å². The fourth-order valence-electron chi connectivity index (χ4n) is 2.37. The zero-order valence-electron chi connectivity index (χ0n) is 12.7. The van der Waals surface area contributed by atoms with Gasteiger partial charge in [0.1, 0.15) is 5.75 Å². The van der Waals surface area contributed by atoms with Crippen LogP contribution in [0, 0.1) is 0 Å². The minimum absolute atomic E-state index is 0.153. The quantitative estimate of drug-likeness (QED) is 0.576. The van der Waals surface area contributed by atoms with Crippen molar-refractivity contribution in [3.05, 3.63) is 90.0 Å². The van der Waals surface area contributed by atoms with Crippen molar-refractivity contribution in [1.29, 1.82) is 0 Å². The van der Waals surface area contributed by atoms with Crippen LogP contribution in [-0.2, 0) is 0 Å². The van der Waals surface area contributed by atoms with Crippen LogP contribution in [0.25, 0.3) is 11.1 Å². The third kappa shape index (κ3) is 3.33. The topological polar surface area (TPSA) is 63.6 Å². The Hall–Kier alpha value is -3.40. The summed E-state index contributed by atoms with van der Waals surface area (Å²) in [5.74, 6) is -1.22. The average Bonchev–Trinajstić information content (AvgIpc) is 2.63. The summed E-state index contributed by atoms with van der Waals surface area (Å²) in [6.07, 6.45) is 0. The molecule has 4 heteroatoms. The van der Waals surface area contributed by atoms with Crippen LogP contribution >= 0.6 is 0 Å². The molecular weight excluding hydrogens is 304 g/mol. The molecule has 118 valence electrons. The number of carboxylic acids is 1. The summed E-state index contributed by atoms with van der Waals surface area (Å²) in [5.41, 5.74) is 1.83. The summed E-state index contributed by atoms with van der Waals surface area (Å²) in [5, 5.41) is 9.37. The van der Waals surface area contributed by atoms with Gasteiger partial charge in [-0.3, -0.25) is 0 Å². The van der Waals surface area contributed by atoms with Crippen molar-refractivity contribution >= 4 is 11.9 Å². The Morgan fingerprint density at radius 3 is 2.04 bits per heavy atom.